The standard InChI is InChI=1S/C8H8N4O2/c1-12-4-5(6-2-3-9-10-6)7(11-12)8(13)14/h2-4H,1H3,(H,9,10)(H,13,14). The van der Waals surface area contributed by atoms with E-state index >= 15 is 0 Å². The molecule has 0 aliphatic carbocycles. The third-order valence-corrected chi connectivity index (χ3v) is 1.82. The van der Waals surface area contributed by atoms with Crippen molar-refractivity contribution in [2.24, 2.45) is 7.05 Å². The lowest BCUT2D eigenvalue weighted by Gasteiger charge is -1.92. The molecule has 0 saturated heterocycles. The first-order valence-electron chi connectivity index (χ1n) is 3.95. The third-order valence-electron chi connectivity index (χ3n) is 1.82. The van der Waals surface area contributed by atoms with Gasteiger partial charge in [-0.15, -0.1) is 0 Å². The van der Waals surface area contributed by atoms with E-state index in [1.54, 1.807) is 25.5 Å². The van der Waals surface area contributed by atoms with Gasteiger partial charge >= 0.3 is 5.97 Å². The van der Waals surface area contributed by atoms with Crippen molar-refractivity contribution in [3.05, 3.63) is 24.2 Å². The Hall–Kier alpha value is -2.11. The summed E-state index contributed by atoms with van der Waals surface area (Å²) in [5.74, 6) is -1.05. The fraction of sp³-hybridized carbons (Fsp3) is 0.125. The van der Waals surface area contributed by atoms with Crippen molar-refractivity contribution in [3.8, 4) is 11.3 Å². The Morgan fingerprint density at radius 3 is 3.00 bits per heavy atom. The number of aromatic carboxylic acids is 1. The molecule has 2 aromatic rings. The number of carboxylic acid groups (broad SMARTS) is 1. The van der Waals surface area contributed by atoms with Gasteiger partial charge in [0.1, 0.15) is 0 Å². The molecule has 0 atom stereocenters. The van der Waals surface area contributed by atoms with Gasteiger partial charge in [0.15, 0.2) is 5.69 Å². The Morgan fingerprint density at radius 2 is 2.43 bits per heavy atom. The highest BCUT2D eigenvalue weighted by Gasteiger charge is 2.16. The zero-order chi connectivity index (χ0) is 10.1. The van der Waals surface area contributed by atoms with Gasteiger partial charge in [-0.3, -0.25) is 9.78 Å². The van der Waals surface area contributed by atoms with Crippen molar-refractivity contribution >= 4 is 5.97 Å². The zero-order valence-corrected chi connectivity index (χ0v) is 7.43. The molecule has 0 aliphatic rings. The van der Waals surface area contributed by atoms with E-state index in [0.717, 1.165) is 0 Å². The van der Waals surface area contributed by atoms with E-state index in [9.17, 15) is 4.79 Å². The Morgan fingerprint density at radius 1 is 1.64 bits per heavy atom. The number of hydrogen-bond donors (Lipinski definition) is 2. The minimum atomic E-state index is -1.05. The number of nitrogens with zero attached hydrogens (tertiary/aromatic N) is 3. The van der Waals surface area contributed by atoms with Crippen LogP contribution in [0.15, 0.2) is 18.5 Å². The monoisotopic (exact) mass is 192 g/mol. The summed E-state index contributed by atoms with van der Waals surface area (Å²) >= 11 is 0. The predicted molar refractivity (Wildman–Crippen MR) is 47.7 cm³/mol. The summed E-state index contributed by atoms with van der Waals surface area (Å²) in [6.07, 6.45) is 3.20. The van der Waals surface area contributed by atoms with Gasteiger partial charge in [-0.2, -0.15) is 10.2 Å². The fourth-order valence-electron chi connectivity index (χ4n) is 1.25. The Balaban J connectivity index is 2.58. The SMILES string of the molecule is Cn1cc(-c2ccn[nH]2)c(C(=O)O)n1. The molecule has 0 spiro atoms. The molecule has 2 N–H and O–H groups in total. The minimum absolute atomic E-state index is 0.0248. The highest BCUT2D eigenvalue weighted by molar-refractivity contribution is 5.93. The lowest BCUT2D eigenvalue weighted by molar-refractivity contribution is 0.0690. The van der Waals surface area contributed by atoms with E-state index in [0.29, 0.717) is 11.3 Å². The number of aromatic amines is 1. The first-order valence-corrected chi connectivity index (χ1v) is 3.95. The second-order valence-electron chi connectivity index (χ2n) is 2.84. The molecule has 0 aliphatic heterocycles. The van der Waals surface area contributed by atoms with Crippen LogP contribution in [0.4, 0.5) is 0 Å². The summed E-state index contributed by atoms with van der Waals surface area (Å²) in [4.78, 5) is 10.8. The van der Waals surface area contributed by atoms with E-state index in [1.165, 1.54) is 4.68 Å². The highest BCUT2D eigenvalue weighted by atomic mass is 16.4. The normalized spacial score (nSPS) is 10.4. The van der Waals surface area contributed by atoms with Gasteiger partial charge in [0.25, 0.3) is 0 Å². The van der Waals surface area contributed by atoms with Crippen LogP contribution in [0.3, 0.4) is 0 Å². The molecule has 0 unspecified atom stereocenters. The fourth-order valence-corrected chi connectivity index (χ4v) is 1.25. The molecular formula is C8H8N4O2. The number of aromatic nitrogens is 4. The molecule has 0 fully saturated rings. The summed E-state index contributed by atoms with van der Waals surface area (Å²) in [6.45, 7) is 0. The number of hydrogen-bond acceptors (Lipinski definition) is 3. The topological polar surface area (TPSA) is 83.8 Å². The molecule has 0 saturated carbocycles. The first kappa shape index (κ1) is 8.49. The molecule has 2 heterocycles. The highest BCUT2D eigenvalue weighted by Crippen LogP contribution is 2.19. The molecule has 72 valence electrons. The predicted octanol–water partition coefficient (Wildman–Crippen LogP) is 0.508. The van der Waals surface area contributed by atoms with Crippen LogP contribution in [-0.4, -0.2) is 31.1 Å². The average molecular weight is 192 g/mol. The Bertz CT molecular complexity index is 458. The van der Waals surface area contributed by atoms with Gasteiger partial charge in [-0.1, -0.05) is 0 Å². The number of H-pyrrole nitrogens is 1. The maximum atomic E-state index is 10.8. The number of carboxylic acids is 1. The van der Waals surface area contributed by atoms with Crippen molar-refractivity contribution in [2.75, 3.05) is 0 Å². The molecule has 14 heavy (non-hydrogen) atoms. The van der Waals surface area contributed by atoms with Crippen molar-refractivity contribution < 1.29 is 9.90 Å². The number of rotatable bonds is 2. The van der Waals surface area contributed by atoms with Crippen molar-refractivity contribution in [3.63, 3.8) is 0 Å². The summed E-state index contributed by atoms with van der Waals surface area (Å²) in [5.41, 5.74) is 1.21. The Kier molecular flexibility index (Phi) is 1.81. The molecule has 6 heteroatoms. The van der Waals surface area contributed by atoms with Gasteiger partial charge in [-0.05, 0) is 6.07 Å². The molecule has 0 aromatic carbocycles. The van der Waals surface area contributed by atoms with Crippen LogP contribution in [0.5, 0.6) is 0 Å². The van der Waals surface area contributed by atoms with Crippen molar-refractivity contribution in [1.29, 1.82) is 0 Å². The molecule has 0 radical (unpaired) electrons. The largest absolute Gasteiger partial charge is 0.476 e. The Labute approximate surface area is 79.2 Å². The summed E-state index contributed by atoms with van der Waals surface area (Å²) in [7, 11) is 1.67. The number of carbonyl (C=O) groups is 1. The molecule has 2 aromatic heterocycles. The summed E-state index contributed by atoms with van der Waals surface area (Å²) in [6, 6.07) is 1.70. The second-order valence-corrected chi connectivity index (χ2v) is 2.84. The van der Waals surface area contributed by atoms with E-state index < -0.39 is 5.97 Å². The zero-order valence-electron chi connectivity index (χ0n) is 7.43. The summed E-state index contributed by atoms with van der Waals surface area (Å²) < 4.78 is 1.46. The van der Waals surface area contributed by atoms with Crippen LogP contribution in [0.2, 0.25) is 0 Å². The van der Waals surface area contributed by atoms with Crippen LogP contribution in [0.1, 0.15) is 10.5 Å². The quantitative estimate of drug-likeness (QED) is 0.726. The first-order chi connectivity index (χ1) is 6.68. The van der Waals surface area contributed by atoms with Crippen LogP contribution < -0.4 is 0 Å². The second kappa shape index (κ2) is 2.99. The summed E-state index contributed by atoms with van der Waals surface area (Å²) in [5, 5.41) is 19.2. The van der Waals surface area contributed by atoms with Gasteiger partial charge in [0, 0.05) is 19.4 Å². The minimum Gasteiger partial charge on any atom is -0.476 e. The van der Waals surface area contributed by atoms with E-state index in [4.69, 9.17) is 5.11 Å². The lowest BCUT2D eigenvalue weighted by atomic mass is 10.2. The number of aryl methyl sites for hydroxylation is 1. The van der Waals surface area contributed by atoms with Gasteiger partial charge in [0.2, 0.25) is 0 Å². The van der Waals surface area contributed by atoms with Gasteiger partial charge in [-0.25, -0.2) is 4.79 Å². The van der Waals surface area contributed by atoms with E-state index in [2.05, 4.69) is 15.3 Å². The lowest BCUT2D eigenvalue weighted by Crippen LogP contribution is -2.00. The van der Waals surface area contributed by atoms with Gasteiger partial charge in [0.05, 0.1) is 11.3 Å². The van der Waals surface area contributed by atoms with Gasteiger partial charge < -0.3 is 5.11 Å². The molecule has 0 bridgehead atoms. The average Bonchev–Trinajstić information content (AvgIpc) is 2.70. The molecular weight excluding hydrogens is 184 g/mol. The third kappa shape index (κ3) is 1.26. The maximum Gasteiger partial charge on any atom is 0.357 e. The smallest absolute Gasteiger partial charge is 0.357 e. The molecule has 2 rings (SSSR count). The number of nitrogens with one attached hydrogen (secondary N) is 1. The molecule has 6 nitrogen and oxygen atoms in total. The van der Waals surface area contributed by atoms with E-state index in [1.807, 2.05) is 0 Å². The van der Waals surface area contributed by atoms with Crippen LogP contribution in [0, 0.1) is 0 Å². The molecule has 0 amide bonds. The van der Waals surface area contributed by atoms with Crippen LogP contribution in [-0.2, 0) is 7.05 Å². The van der Waals surface area contributed by atoms with Crippen molar-refractivity contribution in [2.45, 2.75) is 0 Å². The van der Waals surface area contributed by atoms with E-state index in [-0.39, 0.29) is 5.69 Å². The van der Waals surface area contributed by atoms with Crippen molar-refractivity contribution in [1.82, 2.24) is 20.0 Å². The van der Waals surface area contributed by atoms with Crippen LogP contribution >= 0.6 is 0 Å². The van der Waals surface area contributed by atoms with Crippen LogP contribution in [0.25, 0.3) is 11.3 Å². The maximum absolute atomic E-state index is 10.8.